The number of nitrogens with zero attached hydrogens (tertiary/aromatic N) is 1. The zero-order chi connectivity index (χ0) is 16.4. The Bertz CT molecular complexity index is 540. The lowest BCUT2D eigenvalue weighted by Gasteiger charge is -2.17. The first kappa shape index (κ1) is 17.4. The van der Waals surface area contributed by atoms with E-state index in [0.29, 0.717) is 18.8 Å². The van der Waals surface area contributed by atoms with Crippen molar-refractivity contribution in [3.63, 3.8) is 0 Å². The van der Waals surface area contributed by atoms with Gasteiger partial charge in [0.1, 0.15) is 0 Å². The van der Waals surface area contributed by atoms with Crippen LogP contribution in [0.25, 0.3) is 6.08 Å². The lowest BCUT2D eigenvalue weighted by atomic mass is 10.2. The van der Waals surface area contributed by atoms with Crippen LogP contribution in [0.1, 0.15) is 5.56 Å². The van der Waals surface area contributed by atoms with Gasteiger partial charge in [-0.15, -0.1) is 0 Å². The molecule has 0 saturated heterocycles. The summed E-state index contributed by atoms with van der Waals surface area (Å²) < 4.78 is 4.90. The molecule has 118 valence electrons. The molecule has 0 bridgehead atoms. The second kappa shape index (κ2) is 9.30. The number of carboxylic acids is 1. The minimum Gasteiger partial charge on any atom is -0.478 e. The van der Waals surface area contributed by atoms with E-state index in [-0.39, 0.29) is 12.5 Å². The highest BCUT2D eigenvalue weighted by molar-refractivity contribution is 5.93. The Morgan fingerprint density at radius 3 is 2.59 bits per heavy atom. The van der Waals surface area contributed by atoms with Crippen LogP contribution in [0.3, 0.4) is 0 Å². The molecule has 22 heavy (non-hydrogen) atoms. The van der Waals surface area contributed by atoms with Crippen LogP contribution in [0.5, 0.6) is 0 Å². The maximum Gasteiger partial charge on any atom is 0.328 e. The summed E-state index contributed by atoms with van der Waals surface area (Å²) in [6.07, 6.45) is 3.61. The molecule has 0 aliphatic rings. The molecule has 7 heteroatoms. The number of methoxy groups -OCH3 is 1. The van der Waals surface area contributed by atoms with E-state index in [4.69, 9.17) is 15.3 Å². The van der Waals surface area contributed by atoms with Gasteiger partial charge >= 0.3 is 5.97 Å². The molecule has 0 fully saturated rings. The molecule has 0 heterocycles. The van der Waals surface area contributed by atoms with Gasteiger partial charge in [0, 0.05) is 25.4 Å². The summed E-state index contributed by atoms with van der Waals surface area (Å²) in [4.78, 5) is 23.8. The van der Waals surface area contributed by atoms with Crippen molar-refractivity contribution in [2.75, 3.05) is 32.1 Å². The van der Waals surface area contributed by atoms with E-state index in [1.165, 1.54) is 11.0 Å². The van der Waals surface area contributed by atoms with Crippen molar-refractivity contribution >= 4 is 30.0 Å². The Morgan fingerprint density at radius 2 is 2.05 bits per heavy atom. The third-order valence-corrected chi connectivity index (χ3v) is 2.72. The number of hydrogen-bond acceptors (Lipinski definition) is 4. The Kier molecular flexibility index (Phi) is 7.35. The summed E-state index contributed by atoms with van der Waals surface area (Å²) in [5.41, 5.74) is 1.33. The van der Waals surface area contributed by atoms with Crippen LogP contribution in [0.2, 0.25) is 0 Å². The molecule has 0 aliphatic carbocycles. The summed E-state index contributed by atoms with van der Waals surface area (Å²) in [5.74, 6) is -1.26. The maximum atomic E-state index is 11.9. The normalized spacial score (nSPS) is 10.4. The Balaban J connectivity index is 2.53. The Morgan fingerprint density at radius 1 is 1.36 bits per heavy atom. The standard InChI is InChI=1S/C15H19N3O4/c1-22-9-8-18(11-16)10-14(19)17-13-5-2-12(3-6-13)4-7-15(20)21/h2-7,11,16H,8-10H2,1H3,(H,17,19)(H,20,21)/b7-4+,16-11?. The number of ether oxygens (including phenoxy) is 1. The Hall–Kier alpha value is -2.67. The largest absolute Gasteiger partial charge is 0.478 e. The van der Waals surface area contributed by atoms with E-state index >= 15 is 0 Å². The average molecular weight is 305 g/mol. The van der Waals surface area contributed by atoms with Crippen LogP contribution in [0.4, 0.5) is 5.69 Å². The second-order valence-electron chi connectivity index (χ2n) is 4.43. The number of hydrogen-bond donors (Lipinski definition) is 3. The molecular formula is C15H19N3O4. The molecule has 3 N–H and O–H groups in total. The molecule has 0 saturated carbocycles. The van der Waals surface area contributed by atoms with Crippen LogP contribution in [-0.4, -0.2) is 55.0 Å². The van der Waals surface area contributed by atoms with Gasteiger partial charge in [-0.25, -0.2) is 4.79 Å². The van der Waals surface area contributed by atoms with E-state index in [1.54, 1.807) is 31.4 Å². The highest BCUT2D eigenvalue weighted by Gasteiger charge is 2.07. The summed E-state index contributed by atoms with van der Waals surface area (Å²) in [6.45, 7) is 0.965. The molecule has 0 aromatic heterocycles. The van der Waals surface area contributed by atoms with E-state index < -0.39 is 5.97 Å². The number of aliphatic carboxylic acids is 1. The van der Waals surface area contributed by atoms with Crippen LogP contribution >= 0.6 is 0 Å². The first-order chi connectivity index (χ1) is 10.5. The Labute approximate surface area is 128 Å². The van der Waals surface area contributed by atoms with Gasteiger partial charge in [0.2, 0.25) is 5.91 Å². The van der Waals surface area contributed by atoms with Gasteiger partial charge in [-0.1, -0.05) is 12.1 Å². The van der Waals surface area contributed by atoms with Crippen LogP contribution in [-0.2, 0) is 14.3 Å². The quantitative estimate of drug-likeness (QED) is 0.362. The number of nitrogens with one attached hydrogen (secondary N) is 2. The minimum absolute atomic E-state index is 0.0630. The average Bonchev–Trinajstić information content (AvgIpc) is 2.50. The van der Waals surface area contributed by atoms with Gasteiger partial charge in [0.25, 0.3) is 0 Å². The van der Waals surface area contributed by atoms with Crippen molar-refractivity contribution in [2.45, 2.75) is 0 Å². The van der Waals surface area contributed by atoms with Crippen LogP contribution in [0, 0.1) is 5.41 Å². The molecule has 0 aliphatic heterocycles. The molecule has 7 nitrogen and oxygen atoms in total. The summed E-state index contributed by atoms with van der Waals surface area (Å²) >= 11 is 0. The first-order valence-corrected chi connectivity index (χ1v) is 6.59. The molecule has 1 amide bonds. The molecule has 1 aromatic carbocycles. The van der Waals surface area contributed by atoms with Gasteiger partial charge in [-0.2, -0.15) is 0 Å². The predicted molar refractivity (Wildman–Crippen MR) is 84.0 cm³/mol. The topological polar surface area (TPSA) is 103 Å². The van der Waals surface area contributed by atoms with Gasteiger partial charge in [-0.05, 0) is 23.8 Å². The van der Waals surface area contributed by atoms with Crippen molar-refractivity contribution in [3.05, 3.63) is 35.9 Å². The van der Waals surface area contributed by atoms with Crippen LogP contribution in [0.15, 0.2) is 30.3 Å². The highest BCUT2D eigenvalue weighted by atomic mass is 16.5. The molecular weight excluding hydrogens is 286 g/mol. The number of rotatable bonds is 9. The number of carbonyl (C=O) groups is 2. The highest BCUT2D eigenvalue weighted by Crippen LogP contribution is 2.10. The van der Waals surface area contributed by atoms with Gasteiger partial charge in [-0.3, -0.25) is 10.2 Å². The van der Waals surface area contributed by atoms with E-state index in [1.807, 2.05) is 0 Å². The summed E-state index contributed by atoms with van der Waals surface area (Å²) in [5, 5.41) is 18.5. The fourth-order valence-electron chi connectivity index (χ4n) is 1.63. The molecule has 1 rings (SSSR count). The third-order valence-electron chi connectivity index (χ3n) is 2.72. The number of benzene rings is 1. The van der Waals surface area contributed by atoms with Crippen molar-refractivity contribution in [2.24, 2.45) is 0 Å². The monoisotopic (exact) mass is 305 g/mol. The maximum absolute atomic E-state index is 11.9. The molecule has 0 unspecified atom stereocenters. The zero-order valence-electron chi connectivity index (χ0n) is 12.3. The fourth-order valence-corrected chi connectivity index (χ4v) is 1.63. The summed E-state index contributed by atoms with van der Waals surface area (Å²) in [7, 11) is 1.56. The number of carboxylic acid groups (broad SMARTS) is 1. The van der Waals surface area contributed by atoms with E-state index in [0.717, 1.165) is 18.0 Å². The lowest BCUT2D eigenvalue weighted by molar-refractivity contribution is -0.131. The van der Waals surface area contributed by atoms with E-state index in [9.17, 15) is 9.59 Å². The zero-order valence-corrected chi connectivity index (χ0v) is 12.3. The summed E-state index contributed by atoms with van der Waals surface area (Å²) in [6, 6.07) is 6.77. The molecule has 1 aromatic rings. The number of anilines is 1. The molecule has 0 spiro atoms. The SMILES string of the molecule is COCCN(C=N)CC(=O)Nc1ccc(/C=C/C(=O)O)cc1. The van der Waals surface area contributed by atoms with Gasteiger partial charge in [0.15, 0.2) is 0 Å². The van der Waals surface area contributed by atoms with E-state index in [2.05, 4.69) is 5.32 Å². The van der Waals surface area contributed by atoms with Gasteiger partial charge in [0.05, 0.1) is 19.5 Å². The smallest absolute Gasteiger partial charge is 0.328 e. The third kappa shape index (κ3) is 6.67. The predicted octanol–water partition coefficient (Wildman–Crippen LogP) is 1.28. The van der Waals surface area contributed by atoms with Crippen LogP contribution < -0.4 is 5.32 Å². The minimum atomic E-state index is -1.01. The lowest BCUT2D eigenvalue weighted by Crippen LogP contribution is -2.34. The van der Waals surface area contributed by atoms with Crippen molar-refractivity contribution in [1.82, 2.24) is 4.90 Å². The van der Waals surface area contributed by atoms with Gasteiger partial charge < -0.3 is 20.1 Å². The molecule has 0 radical (unpaired) electrons. The molecule has 0 atom stereocenters. The van der Waals surface area contributed by atoms with Crippen molar-refractivity contribution in [3.8, 4) is 0 Å². The van der Waals surface area contributed by atoms with Crippen molar-refractivity contribution in [1.29, 1.82) is 5.41 Å². The fraction of sp³-hybridized carbons (Fsp3) is 0.267. The van der Waals surface area contributed by atoms with Crippen molar-refractivity contribution < 1.29 is 19.4 Å². The second-order valence-corrected chi connectivity index (χ2v) is 4.43. The number of carbonyl (C=O) groups excluding carboxylic acids is 1. The first-order valence-electron chi connectivity index (χ1n) is 6.59. The number of amides is 1.